The molecule has 0 bridgehead atoms. The first-order chi connectivity index (χ1) is 14.2. The molecule has 0 radical (unpaired) electrons. The highest BCUT2D eigenvalue weighted by Gasteiger charge is 2.34. The van der Waals surface area contributed by atoms with Crippen molar-refractivity contribution in [1.29, 1.82) is 0 Å². The molecule has 1 aliphatic rings. The summed E-state index contributed by atoms with van der Waals surface area (Å²) in [6, 6.07) is 16.0. The molecule has 1 aliphatic heterocycles. The lowest BCUT2D eigenvalue weighted by atomic mass is 10.1. The number of ether oxygens (including phenoxy) is 1. The van der Waals surface area contributed by atoms with Gasteiger partial charge in [-0.15, -0.1) is 0 Å². The lowest BCUT2D eigenvalue weighted by molar-refractivity contribution is -0.117. The van der Waals surface area contributed by atoms with Crippen LogP contribution in [0.4, 0.5) is 5.69 Å². The Kier molecular flexibility index (Phi) is 5.84. The fourth-order valence-electron chi connectivity index (χ4n) is 4.25. The molecule has 1 amide bonds. The third-order valence-corrected chi connectivity index (χ3v) is 5.77. The Morgan fingerprint density at radius 2 is 1.97 bits per heavy atom. The number of carbonyl (C=O) groups excluding carboxylic acids is 1. The topological polar surface area (TPSA) is 47.4 Å². The average molecular weight is 392 g/mol. The van der Waals surface area contributed by atoms with Crippen LogP contribution >= 0.6 is 0 Å². The molecule has 0 N–H and O–H groups in total. The number of hydrogen-bond acceptors (Lipinski definition) is 3. The second-order valence-electron chi connectivity index (χ2n) is 7.78. The molecule has 4 rings (SSSR count). The number of amides is 1. The van der Waals surface area contributed by atoms with Crippen LogP contribution < -0.4 is 9.64 Å². The Hall–Kier alpha value is -2.82. The van der Waals surface area contributed by atoms with E-state index in [1.807, 2.05) is 35.2 Å². The van der Waals surface area contributed by atoms with E-state index in [2.05, 4.69) is 29.7 Å². The molecular formula is C24H29N3O2. The molecule has 2 heterocycles. The number of nitrogens with zero attached hydrogens (tertiary/aromatic N) is 3. The van der Waals surface area contributed by atoms with Crippen molar-refractivity contribution in [3.05, 3.63) is 54.4 Å². The van der Waals surface area contributed by atoms with E-state index in [1.165, 1.54) is 24.8 Å². The third-order valence-electron chi connectivity index (χ3n) is 5.77. The zero-order valence-electron chi connectivity index (χ0n) is 17.3. The van der Waals surface area contributed by atoms with Gasteiger partial charge in [0.15, 0.2) is 0 Å². The van der Waals surface area contributed by atoms with Crippen LogP contribution in [0, 0.1) is 0 Å². The van der Waals surface area contributed by atoms with Crippen molar-refractivity contribution in [3.63, 3.8) is 0 Å². The van der Waals surface area contributed by atoms with Gasteiger partial charge in [-0.05, 0) is 30.7 Å². The zero-order chi connectivity index (χ0) is 20.2. The van der Waals surface area contributed by atoms with Crippen molar-refractivity contribution in [2.45, 2.75) is 51.5 Å². The Morgan fingerprint density at radius 1 is 1.10 bits per heavy atom. The summed E-state index contributed by atoms with van der Waals surface area (Å²) in [5, 5.41) is 0. The first kappa shape index (κ1) is 19.5. The molecule has 1 atom stereocenters. The number of rotatable bonds is 8. The number of carbonyl (C=O) groups is 1. The van der Waals surface area contributed by atoms with Crippen LogP contribution in [0.25, 0.3) is 11.0 Å². The maximum absolute atomic E-state index is 12.8. The van der Waals surface area contributed by atoms with E-state index < -0.39 is 0 Å². The molecule has 0 unspecified atom stereocenters. The van der Waals surface area contributed by atoms with Gasteiger partial charge in [0.1, 0.15) is 11.6 Å². The molecule has 0 spiro atoms. The maximum Gasteiger partial charge on any atom is 0.227 e. The van der Waals surface area contributed by atoms with Gasteiger partial charge in [-0.3, -0.25) is 4.79 Å². The summed E-state index contributed by atoms with van der Waals surface area (Å²) in [7, 11) is 1.65. The van der Waals surface area contributed by atoms with Crippen LogP contribution in [0.5, 0.6) is 5.75 Å². The van der Waals surface area contributed by atoms with E-state index in [1.54, 1.807) is 7.11 Å². The minimum Gasteiger partial charge on any atom is -0.497 e. The number of anilines is 1. The van der Waals surface area contributed by atoms with Crippen molar-refractivity contribution in [1.82, 2.24) is 9.55 Å². The minimum atomic E-state index is 0.104. The zero-order valence-corrected chi connectivity index (χ0v) is 17.3. The van der Waals surface area contributed by atoms with Crippen molar-refractivity contribution >= 4 is 22.6 Å². The lowest BCUT2D eigenvalue weighted by Gasteiger charge is -2.18. The standard InChI is InChI=1S/C24H29N3O2/c1-3-4-5-8-14-26-22-13-7-6-12-21(22)25-24(26)18-15-23(28)27(17-18)19-10-9-11-20(16-19)29-2/h6-7,9-13,16,18H,3-5,8,14-15,17H2,1-2H3/t18-/m0/s1. The average Bonchev–Trinajstić information content (AvgIpc) is 3.32. The quantitative estimate of drug-likeness (QED) is 0.499. The molecule has 152 valence electrons. The van der Waals surface area contributed by atoms with Crippen LogP contribution in [-0.4, -0.2) is 29.1 Å². The minimum absolute atomic E-state index is 0.104. The Morgan fingerprint density at radius 3 is 2.79 bits per heavy atom. The molecule has 1 saturated heterocycles. The predicted molar refractivity (Wildman–Crippen MR) is 117 cm³/mol. The van der Waals surface area contributed by atoms with E-state index >= 15 is 0 Å². The summed E-state index contributed by atoms with van der Waals surface area (Å²) >= 11 is 0. The number of hydrogen-bond donors (Lipinski definition) is 0. The number of imidazole rings is 1. The number of aryl methyl sites for hydroxylation is 1. The lowest BCUT2D eigenvalue weighted by Crippen LogP contribution is -2.24. The van der Waals surface area contributed by atoms with E-state index in [-0.39, 0.29) is 11.8 Å². The van der Waals surface area contributed by atoms with E-state index in [0.29, 0.717) is 13.0 Å². The van der Waals surface area contributed by atoms with Gasteiger partial charge in [-0.1, -0.05) is 44.4 Å². The summed E-state index contributed by atoms with van der Waals surface area (Å²) < 4.78 is 7.68. The largest absolute Gasteiger partial charge is 0.497 e. The predicted octanol–water partition coefficient (Wildman–Crippen LogP) is 5.15. The number of fused-ring (bicyclic) bond motifs is 1. The maximum atomic E-state index is 12.8. The Bertz CT molecular complexity index is 995. The van der Waals surface area contributed by atoms with Gasteiger partial charge >= 0.3 is 0 Å². The van der Waals surface area contributed by atoms with Crippen LogP contribution in [0.1, 0.15) is 50.8 Å². The van der Waals surface area contributed by atoms with Crippen molar-refractivity contribution in [3.8, 4) is 5.75 Å². The Balaban J connectivity index is 1.61. The molecule has 0 saturated carbocycles. The molecule has 3 aromatic rings. The van der Waals surface area contributed by atoms with Gasteiger partial charge in [0.05, 0.1) is 18.1 Å². The Labute approximate surface area is 172 Å². The molecule has 2 aromatic carbocycles. The van der Waals surface area contributed by atoms with Crippen LogP contribution in [0.3, 0.4) is 0 Å². The fraction of sp³-hybridized carbons (Fsp3) is 0.417. The van der Waals surface area contributed by atoms with Crippen molar-refractivity contribution in [2.75, 3.05) is 18.6 Å². The van der Waals surface area contributed by atoms with Crippen molar-refractivity contribution < 1.29 is 9.53 Å². The van der Waals surface area contributed by atoms with E-state index in [4.69, 9.17) is 9.72 Å². The number of benzene rings is 2. The molecular weight excluding hydrogens is 362 g/mol. The highest BCUT2D eigenvalue weighted by Crippen LogP contribution is 2.34. The SMILES string of the molecule is CCCCCCn1c([C@H]2CC(=O)N(c3cccc(OC)c3)C2)nc2ccccc21. The third kappa shape index (κ3) is 4.00. The van der Waals surface area contributed by atoms with Gasteiger partial charge < -0.3 is 14.2 Å². The van der Waals surface area contributed by atoms with Gasteiger partial charge in [0, 0.05) is 37.2 Å². The molecule has 5 heteroatoms. The summed E-state index contributed by atoms with van der Waals surface area (Å²) in [6.07, 6.45) is 5.34. The van der Waals surface area contributed by atoms with Crippen molar-refractivity contribution in [2.24, 2.45) is 0 Å². The molecule has 5 nitrogen and oxygen atoms in total. The monoisotopic (exact) mass is 391 g/mol. The van der Waals surface area contributed by atoms with Gasteiger partial charge in [-0.2, -0.15) is 0 Å². The number of methoxy groups -OCH3 is 1. The van der Waals surface area contributed by atoms with Crippen LogP contribution in [0.2, 0.25) is 0 Å². The molecule has 1 fully saturated rings. The van der Waals surface area contributed by atoms with Gasteiger partial charge in [0.2, 0.25) is 5.91 Å². The first-order valence-electron chi connectivity index (χ1n) is 10.6. The summed E-state index contributed by atoms with van der Waals surface area (Å²) in [4.78, 5) is 19.7. The number of para-hydroxylation sites is 2. The highest BCUT2D eigenvalue weighted by atomic mass is 16.5. The van der Waals surface area contributed by atoms with Crippen LogP contribution in [-0.2, 0) is 11.3 Å². The highest BCUT2D eigenvalue weighted by molar-refractivity contribution is 5.96. The normalized spacial score (nSPS) is 16.7. The number of aromatic nitrogens is 2. The van der Waals surface area contributed by atoms with Gasteiger partial charge in [-0.25, -0.2) is 4.98 Å². The van der Waals surface area contributed by atoms with Gasteiger partial charge in [0.25, 0.3) is 0 Å². The summed E-state index contributed by atoms with van der Waals surface area (Å²) in [5.74, 6) is 2.06. The molecule has 1 aromatic heterocycles. The molecule has 0 aliphatic carbocycles. The first-order valence-corrected chi connectivity index (χ1v) is 10.6. The second kappa shape index (κ2) is 8.68. The smallest absolute Gasteiger partial charge is 0.227 e. The summed E-state index contributed by atoms with van der Waals surface area (Å²) in [6.45, 7) is 3.85. The fourth-order valence-corrected chi connectivity index (χ4v) is 4.25. The van der Waals surface area contributed by atoms with E-state index in [0.717, 1.165) is 35.7 Å². The number of unbranched alkanes of at least 4 members (excludes halogenated alkanes) is 3. The molecule has 29 heavy (non-hydrogen) atoms. The van der Waals surface area contributed by atoms with E-state index in [9.17, 15) is 4.79 Å². The summed E-state index contributed by atoms with van der Waals surface area (Å²) in [5.41, 5.74) is 3.08. The van der Waals surface area contributed by atoms with Crippen LogP contribution in [0.15, 0.2) is 48.5 Å². The second-order valence-corrected chi connectivity index (χ2v) is 7.78.